The number of aromatic nitrogens is 4. The van der Waals surface area contributed by atoms with Crippen LogP contribution in [-0.4, -0.2) is 61.8 Å². The van der Waals surface area contributed by atoms with Crippen LogP contribution >= 0.6 is 11.6 Å². The molecule has 1 aliphatic heterocycles. The van der Waals surface area contributed by atoms with Crippen molar-refractivity contribution in [1.29, 1.82) is 0 Å². The van der Waals surface area contributed by atoms with Gasteiger partial charge in [-0.1, -0.05) is 45.2 Å². The lowest BCUT2D eigenvalue weighted by molar-refractivity contribution is 0.0218. The Morgan fingerprint density at radius 1 is 1.22 bits per heavy atom. The highest BCUT2D eigenvalue weighted by Crippen LogP contribution is 2.32. The topological polar surface area (TPSA) is 93.5 Å². The minimum absolute atomic E-state index is 0.00891. The van der Waals surface area contributed by atoms with E-state index in [0.29, 0.717) is 36.5 Å². The Labute approximate surface area is 245 Å². The molecule has 9 nitrogen and oxygen atoms in total. The first-order valence-electron chi connectivity index (χ1n) is 14.3. The Morgan fingerprint density at radius 3 is 2.59 bits per heavy atom. The lowest BCUT2D eigenvalue weighted by Crippen LogP contribution is -2.55. The first-order chi connectivity index (χ1) is 19.3. The molecule has 1 fully saturated rings. The summed E-state index contributed by atoms with van der Waals surface area (Å²) >= 11 is 6.21. The fraction of sp³-hybridized carbons (Fsp3) is 0.567. The molecule has 0 unspecified atom stereocenters. The van der Waals surface area contributed by atoms with Gasteiger partial charge in [-0.25, -0.2) is 23.5 Å². The molecule has 11 heteroatoms. The second-order valence-corrected chi connectivity index (χ2v) is 12.3. The Balaban J connectivity index is 1.85. The minimum atomic E-state index is -0.703. The van der Waals surface area contributed by atoms with Crippen LogP contribution < -0.4 is 10.6 Å². The number of aryl methyl sites for hydroxylation is 1. The van der Waals surface area contributed by atoms with E-state index in [-0.39, 0.29) is 22.8 Å². The summed E-state index contributed by atoms with van der Waals surface area (Å²) in [7, 11) is 0. The third-order valence-electron chi connectivity index (χ3n) is 7.17. The minimum Gasteiger partial charge on any atom is -0.444 e. The number of amides is 1. The number of piperazine rings is 1. The van der Waals surface area contributed by atoms with Crippen molar-refractivity contribution >= 4 is 34.5 Å². The van der Waals surface area contributed by atoms with Crippen molar-refractivity contribution in [3.05, 3.63) is 51.0 Å². The molecule has 1 saturated heterocycles. The van der Waals surface area contributed by atoms with Gasteiger partial charge in [-0.2, -0.15) is 4.98 Å². The number of fused-ring (bicyclic) bond motifs is 1. The molecular formula is C30H40ClFN6O3. The van der Waals surface area contributed by atoms with Gasteiger partial charge in [0.1, 0.15) is 11.4 Å². The summed E-state index contributed by atoms with van der Waals surface area (Å²) in [5.41, 5.74) is 1.38. The van der Waals surface area contributed by atoms with Gasteiger partial charge < -0.3 is 14.5 Å². The Hall–Kier alpha value is -3.27. The van der Waals surface area contributed by atoms with Crippen LogP contribution in [0.4, 0.5) is 15.0 Å². The Morgan fingerprint density at radius 2 is 1.95 bits per heavy atom. The zero-order valence-electron chi connectivity index (χ0n) is 25.0. The molecule has 1 aliphatic rings. The van der Waals surface area contributed by atoms with E-state index in [4.69, 9.17) is 16.3 Å². The number of halogens is 2. The van der Waals surface area contributed by atoms with Gasteiger partial charge in [0.05, 0.1) is 16.8 Å². The van der Waals surface area contributed by atoms with E-state index in [1.165, 1.54) is 10.6 Å². The van der Waals surface area contributed by atoms with Gasteiger partial charge in [0.2, 0.25) is 0 Å². The summed E-state index contributed by atoms with van der Waals surface area (Å²) in [6.45, 7) is 14.7. The number of anilines is 1. The van der Waals surface area contributed by atoms with Crippen molar-refractivity contribution in [3.63, 3.8) is 0 Å². The van der Waals surface area contributed by atoms with Crippen LogP contribution in [0.15, 0.2) is 23.1 Å². The van der Waals surface area contributed by atoms with Crippen LogP contribution in [0.2, 0.25) is 5.15 Å². The number of unbranched alkanes of at least 4 members (excludes halogenated alkanes) is 2. The fourth-order valence-electron chi connectivity index (χ4n) is 5.23. The zero-order valence-corrected chi connectivity index (χ0v) is 25.8. The van der Waals surface area contributed by atoms with Crippen LogP contribution in [0.1, 0.15) is 84.9 Å². The van der Waals surface area contributed by atoms with Crippen molar-refractivity contribution in [2.75, 3.05) is 24.5 Å². The maximum Gasteiger partial charge on any atom is 0.410 e. The van der Waals surface area contributed by atoms with Gasteiger partial charge in [-0.3, -0.25) is 4.98 Å². The van der Waals surface area contributed by atoms with E-state index < -0.39 is 23.2 Å². The number of ether oxygens (including phenoxy) is 1. The van der Waals surface area contributed by atoms with Gasteiger partial charge in [0, 0.05) is 31.9 Å². The summed E-state index contributed by atoms with van der Waals surface area (Å²) < 4.78 is 21.9. The highest BCUT2D eigenvalue weighted by molar-refractivity contribution is 6.30. The molecule has 41 heavy (non-hydrogen) atoms. The van der Waals surface area contributed by atoms with Crippen molar-refractivity contribution < 1.29 is 13.9 Å². The van der Waals surface area contributed by atoms with Crippen LogP contribution in [0.3, 0.4) is 0 Å². The number of rotatable bonds is 7. The fourth-order valence-corrected chi connectivity index (χ4v) is 5.36. The molecule has 0 bridgehead atoms. The normalized spacial score (nSPS) is 16.1. The van der Waals surface area contributed by atoms with Crippen molar-refractivity contribution in [1.82, 2.24) is 24.4 Å². The van der Waals surface area contributed by atoms with Crippen LogP contribution in [0.25, 0.3) is 16.7 Å². The second-order valence-electron chi connectivity index (χ2n) is 12.0. The number of carbonyl (C=O) groups excluding carboxylic acids is 1. The predicted molar refractivity (Wildman–Crippen MR) is 160 cm³/mol. The van der Waals surface area contributed by atoms with E-state index in [1.807, 2.05) is 52.5 Å². The summed E-state index contributed by atoms with van der Waals surface area (Å²) in [5, 5.41) is 0.0373. The number of hydrogen-bond donors (Lipinski definition) is 0. The largest absolute Gasteiger partial charge is 0.444 e. The van der Waals surface area contributed by atoms with Gasteiger partial charge in [0.25, 0.3) is 0 Å². The molecular weight excluding hydrogens is 547 g/mol. The average molecular weight is 587 g/mol. The van der Waals surface area contributed by atoms with Crippen LogP contribution in [0.5, 0.6) is 0 Å². The Kier molecular flexibility index (Phi) is 9.21. The number of hydrogen-bond acceptors (Lipinski definition) is 7. The SMILES string of the molecule is CCCCCc1ccnc(C(C)C)c1-n1c(=O)nc(N2CCN(C(=O)OC(C)(C)C)C[C@@H]2C)c2cc(F)c(Cl)nc21. The second kappa shape index (κ2) is 12.3. The van der Waals surface area contributed by atoms with E-state index in [1.54, 1.807) is 11.1 Å². The van der Waals surface area contributed by atoms with Crippen LogP contribution in [0, 0.1) is 5.82 Å². The summed E-state index contributed by atoms with van der Waals surface area (Å²) in [6.07, 6.45) is 5.18. The number of carbonyl (C=O) groups is 1. The smallest absolute Gasteiger partial charge is 0.410 e. The van der Waals surface area contributed by atoms with Gasteiger partial charge in [0.15, 0.2) is 16.6 Å². The van der Waals surface area contributed by atoms with Crippen molar-refractivity contribution in [3.8, 4) is 5.69 Å². The maximum atomic E-state index is 14.9. The quantitative estimate of drug-likeness (QED) is 0.238. The molecule has 222 valence electrons. The van der Waals surface area contributed by atoms with Gasteiger partial charge in [-0.15, -0.1) is 0 Å². The zero-order chi connectivity index (χ0) is 30.1. The van der Waals surface area contributed by atoms with Gasteiger partial charge >= 0.3 is 11.8 Å². The molecule has 0 spiro atoms. The molecule has 0 saturated carbocycles. The van der Waals surface area contributed by atoms with Crippen molar-refractivity contribution in [2.45, 2.75) is 91.7 Å². The van der Waals surface area contributed by atoms with Crippen molar-refractivity contribution in [2.24, 2.45) is 0 Å². The maximum absolute atomic E-state index is 14.9. The van der Waals surface area contributed by atoms with E-state index in [9.17, 15) is 14.0 Å². The Bertz CT molecular complexity index is 1490. The first-order valence-corrected chi connectivity index (χ1v) is 14.7. The molecule has 3 aromatic heterocycles. The van der Waals surface area contributed by atoms with E-state index in [2.05, 4.69) is 21.9 Å². The summed E-state index contributed by atoms with van der Waals surface area (Å²) in [6, 6.07) is 2.99. The first kappa shape index (κ1) is 30.7. The molecule has 1 atom stereocenters. The third-order valence-corrected chi connectivity index (χ3v) is 7.43. The van der Waals surface area contributed by atoms with Crippen LogP contribution in [-0.2, 0) is 11.2 Å². The highest BCUT2D eigenvalue weighted by Gasteiger charge is 2.33. The lowest BCUT2D eigenvalue weighted by Gasteiger charge is -2.41. The molecule has 0 radical (unpaired) electrons. The summed E-state index contributed by atoms with van der Waals surface area (Å²) in [5.74, 6) is -0.385. The monoisotopic (exact) mass is 586 g/mol. The third kappa shape index (κ3) is 6.63. The van der Waals surface area contributed by atoms with Gasteiger partial charge in [-0.05, 0) is 64.2 Å². The lowest BCUT2D eigenvalue weighted by atomic mass is 10.00. The molecule has 4 rings (SSSR count). The predicted octanol–water partition coefficient (Wildman–Crippen LogP) is 6.27. The number of pyridine rings is 2. The number of nitrogens with zero attached hydrogens (tertiary/aromatic N) is 6. The molecule has 0 N–H and O–H groups in total. The molecule has 0 aromatic carbocycles. The standard InChI is InChI=1S/C30H40ClFN6O3/c1-8-9-10-11-20-12-13-33-23(18(2)3)24(20)38-27-21(16-22(32)25(31)34-27)26(35-28(38)39)37-15-14-36(17-19(37)4)29(40)41-30(5,6)7/h12-13,16,18-19H,8-11,14-15,17H2,1-7H3/t19-/m0/s1. The van der Waals surface area contributed by atoms with E-state index in [0.717, 1.165) is 36.9 Å². The molecule has 3 aromatic rings. The molecule has 1 amide bonds. The van der Waals surface area contributed by atoms with E-state index >= 15 is 0 Å². The average Bonchev–Trinajstić information content (AvgIpc) is 2.89. The highest BCUT2D eigenvalue weighted by atomic mass is 35.5. The molecule has 4 heterocycles. The molecule has 0 aliphatic carbocycles. The summed E-state index contributed by atoms with van der Waals surface area (Å²) in [4.78, 5) is 43.7.